The lowest BCUT2D eigenvalue weighted by molar-refractivity contribution is -0.134. The summed E-state index contributed by atoms with van der Waals surface area (Å²) in [6, 6.07) is 13.8. The summed E-state index contributed by atoms with van der Waals surface area (Å²) < 4.78 is 11.0. The first-order valence-electron chi connectivity index (χ1n) is 8.81. The molecule has 0 saturated carbocycles. The second-order valence-electron chi connectivity index (χ2n) is 6.48. The number of aliphatic hydroxyl groups excluding tert-OH is 1. The largest absolute Gasteiger partial charge is 0.387 e. The Morgan fingerprint density at radius 2 is 2.12 bits per heavy atom. The third kappa shape index (κ3) is 4.78. The molecule has 1 fully saturated rings. The summed E-state index contributed by atoms with van der Waals surface area (Å²) in [6.45, 7) is 3.08. The van der Waals surface area contributed by atoms with Crippen LogP contribution in [0.5, 0.6) is 0 Å². The van der Waals surface area contributed by atoms with Gasteiger partial charge in [-0.15, -0.1) is 0 Å². The van der Waals surface area contributed by atoms with Crippen LogP contribution in [-0.2, 0) is 14.3 Å². The molecule has 1 saturated heterocycles. The van der Waals surface area contributed by atoms with Crippen LogP contribution in [0, 0.1) is 0 Å². The van der Waals surface area contributed by atoms with E-state index in [-0.39, 0.29) is 18.6 Å². The minimum atomic E-state index is -0.751. The molecule has 0 radical (unpaired) electrons. The van der Waals surface area contributed by atoms with Crippen LogP contribution in [0.3, 0.4) is 0 Å². The number of carbonyl (C=O) groups excluding carboxylic acids is 1. The standard InChI is InChI=1S/C20H25NO4/c1-14(25-13-18-7-4-10-24-18)20(23)21-12-19(22)17-9-8-15-5-2-3-6-16(15)11-17/h2-3,5-6,8-9,11,14,18-19,22H,4,7,10,12-13H2,1H3,(H,21,23)/t14-,18-,19-/m0/s1. The van der Waals surface area contributed by atoms with Crippen LogP contribution in [0.1, 0.15) is 31.4 Å². The first-order valence-corrected chi connectivity index (χ1v) is 8.81. The number of amides is 1. The Morgan fingerprint density at radius 1 is 1.32 bits per heavy atom. The minimum Gasteiger partial charge on any atom is -0.387 e. The average Bonchev–Trinajstić information content (AvgIpc) is 3.17. The molecule has 25 heavy (non-hydrogen) atoms. The van der Waals surface area contributed by atoms with E-state index in [1.165, 1.54) is 0 Å². The van der Waals surface area contributed by atoms with Gasteiger partial charge in [-0.3, -0.25) is 4.79 Å². The number of rotatable bonds is 7. The fourth-order valence-corrected chi connectivity index (χ4v) is 2.98. The molecule has 0 spiro atoms. The van der Waals surface area contributed by atoms with Crippen LogP contribution in [0.4, 0.5) is 0 Å². The van der Waals surface area contributed by atoms with Crippen molar-refractivity contribution in [1.29, 1.82) is 0 Å². The summed E-state index contributed by atoms with van der Waals surface area (Å²) in [4.78, 5) is 12.1. The van der Waals surface area contributed by atoms with Gasteiger partial charge in [0.05, 0.1) is 18.8 Å². The zero-order valence-corrected chi connectivity index (χ0v) is 14.5. The lowest BCUT2D eigenvalue weighted by Crippen LogP contribution is -2.38. The number of aliphatic hydroxyl groups is 1. The number of hydrogen-bond donors (Lipinski definition) is 2. The summed E-state index contributed by atoms with van der Waals surface area (Å²) in [6.07, 6.45) is 0.812. The predicted octanol–water partition coefficient (Wildman–Crippen LogP) is 2.57. The SMILES string of the molecule is C[C@H](OC[C@@H]1CCCO1)C(=O)NC[C@H](O)c1ccc2ccccc2c1. The molecule has 1 amide bonds. The Kier molecular flexibility index (Phi) is 6.02. The molecule has 0 aromatic heterocycles. The van der Waals surface area contributed by atoms with Crippen molar-refractivity contribution in [2.75, 3.05) is 19.8 Å². The van der Waals surface area contributed by atoms with Gasteiger partial charge in [0.1, 0.15) is 6.10 Å². The highest BCUT2D eigenvalue weighted by molar-refractivity contribution is 5.83. The molecule has 2 aromatic rings. The van der Waals surface area contributed by atoms with Gasteiger partial charge in [0.25, 0.3) is 0 Å². The van der Waals surface area contributed by atoms with Crippen molar-refractivity contribution in [1.82, 2.24) is 5.32 Å². The summed E-state index contributed by atoms with van der Waals surface area (Å²) in [5, 5.41) is 15.3. The molecular formula is C20H25NO4. The normalized spacial score (nSPS) is 19.7. The van der Waals surface area contributed by atoms with Crippen LogP contribution >= 0.6 is 0 Å². The van der Waals surface area contributed by atoms with Gasteiger partial charge < -0.3 is 19.9 Å². The number of fused-ring (bicyclic) bond motifs is 1. The van der Waals surface area contributed by atoms with Crippen molar-refractivity contribution in [3.05, 3.63) is 48.0 Å². The van der Waals surface area contributed by atoms with Gasteiger partial charge >= 0.3 is 0 Å². The van der Waals surface area contributed by atoms with Crippen molar-refractivity contribution >= 4 is 16.7 Å². The highest BCUT2D eigenvalue weighted by atomic mass is 16.5. The Labute approximate surface area is 147 Å². The van der Waals surface area contributed by atoms with Crippen LogP contribution < -0.4 is 5.32 Å². The van der Waals surface area contributed by atoms with Gasteiger partial charge in [-0.2, -0.15) is 0 Å². The average molecular weight is 343 g/mol. The van der Waals surface area contributed by atoms with Crippen molar-refractivity contribution in [3.63, 3.8) is 0 Å². The van der Waals surface area contributed by atoms with Crippen LogP contribution in [-0.4, -0.2) is 43.0 Å². The highest BCUT2D eigenvalue weighted by Crippen LogP contribution is 2.20. The monoisotopic (exact) mass is 343 g/mol. The summed E-state index contributed by atoms with van der Waals surface area (Å²) in [5.41, 5.74) is 0.784. The summed E-state index contributed by atoms with van der Waals surface area (Å²) in [7, 11) is 0. The molecule has 1 heterocycles. The van der Waals surface area contributed by atoms with E-state index in [4.69, 9.17) is 9.47 Å². The van der Waals surface area contributed by atoms with Crippen molar-refractivity contribution in [3.8, 4) is 0 Å². The number of ether oxygens (including phenoxy) is 2. The van der Waals surface area contributed by atoms with Gasteiger partial charge in [-0.25, -0.2) is 0 Å². The van der Waals surface area contributed by atoms with Gasteiger partial charge in [-0.05, 0) is 42.2 Å². The zero-order chi connectivity index (χ0) is 17.6. The fraction of sp³-hybridized carbons (Fsp3) is 0.450. The maximum Gasteiger partial charge on any atom is 0.248 e. The molecule has 3 rings (SSSR count). The van der Waals surface area contributed by atoms with E-state index in [0.717, 1.165) is 35.8 Å². The topological polar surface area (TPSA) is 67.8 Å². The van der Waals surface area contributed by atoms with Crippen molar-refractivity contribution < 1.29 is 19.4 Å². The first kappa shape index (κ1) is 17.9. The lowest BCUT2D eigenvalue weighted by atomic mass is 10.0. The van der Waals surface area contributed by atoms with Crippen LogP contribution in [0.25, 0.3) is 10.8 Å². The smallest absolute Gasteiger partial charge is 0.248 e. The second-order valence-corrected chi connectivity index (χ2v) is 6.48. The molecule has 5 heteroatoms. The van der Waals surface area contributed by atoms with Gasteiger partial charge in [0.2, 0.25) is 5.91 Å². The van der Waals surface area contributed by atoms with Gasteiger partial charge in [-0.1, -0.05) is 36.4 Å². The second kappa shape index (κ2) is 8.43. The molecule has 2 N–H and O–H groups in total. The molecule has 0 bridgehead atoms. The first-order chi connectivity index (χ1) is 12.1. The van der Waals surface area contributed by atoms with Gasteiger partial charge in [0, 0.05) is 13.2 Å². The van der Waals surface area contributed by atoms with Gasteiger partial charge in [0.15, 0.2) is 0 Å². The number of hydrogen-bond acceptors (Lipinski definition) is 4. The lowest BCUT2D eigenvalue weighted by Gasteiger charge is -2.18. The molecular weight excluding hydrogens is 318 g/mol. The van der Waals surface area contributed by atoms with Crippen LogP contribution in [0.2, 0.25) is 0 Å². The Morgan fingerprint density at radius 3 is 2.88 bits per heavy atom. The molecule has 1 aliphatic heterocycles. The zero-order valence-electron chi connectivity index (χ0n) is 14.5. The van der Waals surface area contributed by atoms with Crippen molar-refractivity contribution in [2.24, 2.45) is 0 Å². The van der Waals surface area contributed by atoms with E-state index >= 15 is 0 Å². The predicted molar refractivity (Wildman–Crippen MR) is 96.3 cm³/mol. The van der Waals surface area contributed by atoms with E-state index < -0.39 is 12.2 Å². The molecule has 1 aliphatic rings. The van der Waals surface area contributed by atoms with Crippen molar-refractivity contribution in [2.45, 2.75) is 38.1 Å². The molecule has 3 atom stereocenters. The molecule has 0 aliphatic carbocycles. The fourth-order valence-electron chi connectivity index (χ4n) is 2.98. The number of benzene rings is 2. The van der Waals surface area contributed by atoms with E-state index in [1.54, 1.807) is 6.92 Å². The van der Waals surface area contributed by atoms with E-state index in [1.807, 2.05) is 42.5 Å². The third-order valence-electron chi connectivity index (χ3n) is 4.55. The maximum atomic E-state index is 12.1. The maximum absolute atomic E-state index is 12.1. The third-order valence-corrected chi connectivity index (χ3v) is 4.55. The molecule has 134 valence electrons. The van der Waals surface area contributed by atoms with E-state index in [2.05, 4.69) is 5.32 Å². The van der Waals surface area contributed by atoms with E-state index in [0.29, 0.717) is 6.61 Å². The van der Waals surface area contributed by atoms with E-state index in [9.17, 15) is 9.90 Å². The number of nitrogens with one attached hydrogen (secondary N) is 1. The minimum absolute atomic E-state index is 0.0958. The quantitative estimate of drug-likeness (QED) is 0.811. The Bertz CT molecular complexity index is 712. The summed E-state index contributed by atoms with van der Waals surface area (Å²) in [5.74, 6) is -0.224. The highest BCUT2D eigenvalue weighted by Gasteiger charge is 2.20. The van der Waals surface area contributed by atoms with Crippen LogP contribution in [0.15, 0.2) is 42.5 Å². The Balaban J connectivity index is 1.48. The molecule has 0 unspecified atom stereocenters. The summed E-state index contributed by atoms with van der Waals surface area (Å²) >= 11 is 0. The molecule has 5 nitrogen and oxygen atoms in total. The number of carbonyl (C=O) groups is 1. The molecule has 2 aromatic carbocycles. The Hall–Kier alpha value is -1.95.